The van der Waals surface area contributed by atoms with Crippen molar-refractivity contribution >= 4 is 29.7 Å². The van der Waals surface area contributed by atoms with Crippen LogP contribution in [0.4, 0.5) is 4.79 Å². The van der Waals surface area contributed by atoms with Gasteiger partial charge in [0.2, 0.25) is 0 Å². The fourth-order valence-corrected chi connectivity index (χ4v) is 5.65. The number of alkyl carbamates (subject to hydrolysis) is 1. The van der Waals surface area contributed by atoms with Crippen LogP contribution in [0, 0.1) is 0 Å². The predicted octanol–water partition coefficient (Wildman–Crippen LogP) is 2.74. The second kappa shape index (κ2) is 9.01. The van der Waals surface area contributed by atoms with E-state index in [9.17, 15) is 14.4 Å². The van der Waals surface area contributed by atoms with Gasteiger partial charge in [-0.05, 0) is 11.1 Å². The van der Waals surface area contributed by atoms with Gasteiger partial charge in [0.1, 0.15) is 18.2 Å². The Morgan fingerprint density at radius 3 is 2.39 bits per heavy atom. The normalized spacial score (nSPS) is 24.5. The van der Waals surface area contributed by atoms with Crippen LogP contribution in [0.15, 0.2) is 60.7 Å². The van der Waals surface area contributed by atoms with Gasteiger partial charge in [-0.3, -0.25) is 4.79 Å². The van der Waals surface area contributed by atoms with E-state index in [4.69, 9.17) is 9.47 Å². The SMILES string of the molecule is COC(=O)[C@H]1CS[C@H]2C[C@@](Cc3ccccc3)(NC(=O)OCc3ccccc3)C(=O)N21. The topological polar surface area (TPSA) is 84.9 Å². The van der Waals surface area contributed by atoms with Gasteiger partial charge in [-0.1, -0.05) is 60.7 Å². The predicted molar refractivity (Wildman–Crippen MR) is 116 cm³/mol. The first-order chi connectivity index (χ1) is 15.0. The number of methoxy groups -OCH3 is 1. The number of esters is 1. The molecule has 2 amide bonds. The molecular formula is C23H24N2O5S. The number of hydrogen-bond donors (Lipinski definition) is 1. The number of thioether (sulfide) groups is 1. The van der Waals surface area contributed by atoms with Crippen LogP contribution in [-0.2, 0) is 32.1 Å². The Bertz CT molecular complexity index is 955. The Balaban J connectivity index is 1.55. The summed E-state index contributed by atoms with van der Waals surface area (Å²) in [6.45, 7) is 0.106. The molecule has 0 unspecified atom stereocenters. The zero-order valence-corrected chi connectivity index (χ0v) is 18.0. The fourth-order valence-electron chi connectivity index (χ4n) is 4.14. The van der Waals surface area contributed by atoms with E-state index in [1.54, 1.807) is 4.90 Å². The van der Waals surface area contributed by atoms with Crippen molar-refractivity contribution < 1.29 is 23.9 Å². The highest BCUT2D eigenvalue weighted by Crippen LogP contribution is 2.43. The molecule has 2 heterocycles. The maximum Gasteiger partial charge on any atom is 0.408 e. The van der Waals surface area contributed by atoms with Gasteiger partial charge in [0.15, 0.2) is 0 Å². The van der Waals surface area contributed by atoms with Gasteiger partial charge in [-0.15, -0.1) is 11.8 Å². The number of fused-ring (bicyclic) bond motifs is 1. The molecule has 3 atom stereocenters. The maximum absolute atomic E-state index is 13.6. The average Bonchev–Trinajstić information content (AvgIpc) is 3.31. The maximum atomic E-state index is 13.6. The highest BCUT2D eigenvalue weighted by molar-refractivity contribution is 8.00. The lowest BCUT2D eigenvalue weighted by atomic mass is 9.89. The van der Waals surface area contributed by atoms with E-state index in [0.717, 1.165) is 11.1 Å². The Morgan fingerprint density at radius 1 is 1.10 bits per heavy atom. The number of nitrogens with one attached hydrogen (secondary N) is 1. The third kappa shape index (κ3) is 4.39. The molecule has 0 saturated carbocycles. The third-order valence-corrected chi connectivity index (χ3v) is 6.92. The van der Waals surface area contributed by atoms with E-state index in [2.05, 4.69) is 5.32 Å². The summed E-state index contributed by atoms with van der Waals surface area (Å²) in [6.07, 6.45) is 0.0439. The first-order valence-corrected chi connectivity index (χ1v) is 11.1. The Hall–Kier alpha value is -3.00. The fraction of sp³-hybridized carbons (Fsp3) is 0.348. The molecule has 31 heavy (non-hydrogen) atoms. The van der Waals surface area contributed by atoms with Crippen LogP contribution in [0.1, 0.15) is 17.5 Å². The number of amides is 2. The largest absolute Gasteiger partial charge is 0.467 e. The highest BCUT2D eigenvalue weighted by Gasteiger charge is 2.58. The molecule has 0 aliphatic carbocycles. The Labute approximate surface area is 185 Å². The monoisotopic (exact) mass is 440 g/mol. The molecule has 1 N–H and O–H groups in total. The van der Waals surface area contributed by atoms with Crippen molar-refractivity contribution in [3.63, 3.8) is 0 Å². The lowest BCUT2D eigenvalue weighted by molar-refractivity contribution is -0.151. The van der Waals surface area contributed by atoms with Crippen molar-refractivity contribution in [1.82, 2.24) is 10.2 Å². The molecule has 2 aromatic rings. The van der Waals surface area contributed by atoms with Gasteiger partial charge in [0, 0.05) is 18.6 Å². The molecule has 0 bridgehead atoms. The van der Waals surface area contributed by atoms with E-state index in [0.29, 0.717) is 18.6 Å². The second-order valence-corrected chi connectivity index (χ2v) is 8.89. The molecule has 2 aliphatic rings. The molecule has 7 nitrogen and oxygen atoms in total. The first-order valence-electron chi connectivity index (χ1n) is 10.1. The first kappa shape index (κ1) is 21.2. The minimum Gasteiger partial charge on any atom is -0.467 e. The van der Waals surface area contributed by atoms with Crippen molar-refractivity contribution in [3.05, 3.63) is 71.8 Å². The summed E-state index contributed by atoms with van der Waals surface area (Å²) in [5, 5.41) is 2.65. The number of rotatable bonds is 6. The number of carbonyl (C=O) groups excluding carboxylic acids is 3. The number of ether oxygens (including phenoxy) is 2. The van der Waals surface area contributed by atoms with Gasteiger partial charge in [0.25, 0.3) is 5.91 Å². The molecule has 2 aromatic carbocycles. The summed E-state index contributed by atoms with van der Waals surface area (Å²) < 4.78 is 10.3. The van der Waals surface area contributed by atoms with Gasteiger partial charge >= 0.3 is 12.1 Å². The van der Waals surface area contributed by atoms with Gasteiger partial charge < -0.3 is 19.7 Å². The molecule has 0 spiro atoms. The zero-order valence-electron chi connectivity index (χ0n) is 17.2. The summed E-state index contributed by atoms with van der Waals surface area (Å²) in [6, 6.07) is 18.2. The van der Waals surface area contributed by atoms with Crippen LogP contribution in [0.3, 0.4) is 0 Å². The number of benzene rings is 2. The van der Waals surface area contributed by atoms with Crippen molar-refractivity contribution in [2.45, 2.75) is 36.4 Å². The lowest BCUT2D eigenvalue weighted by Crippen LogP contribution is -2.57. The summed E-state index contributed by atoms with van der Waals surface area (Å²) in [7, 11) is 1.32. The van der Waals surface area contributed by atoms with E-state index in [1.165, 1.54) is 18.9 Å². The van der Waals surface area contributed by atoms with Crippen molar-refractivity contribution in [2.24, 2.45) is 0 Å². The van der Waals surface area contributed by atoms with E-state index in [1.807, 2.05) is 60.7 Å². The van der Waals surface area contributed by atoms with Crippen LogP contribution in [0.2, 0.25) is 0 Å². The summed E-state index contributed by atoms with van der Waals surface area (Å²) in [5.74, 6) is -0.230. The minimum atomic E-state index is -1.18. The van der Waals surface area contributed by atoms with Gasteiger partial charge in [-0.2, -0.15) is 0 Å². The Morgan fingerprint density at radius 2 is 1.74 bits per heavy atom. The van der Waals surface area contributed by atoms with Crippen molar-refractivity contribution in [3.8, 4) is 0 Å². The molecule has 2 fully saturated rings. The van der Waals surface area contributed by atoms with Crippen LogP contribution in [0.25, 0.3) is 0 Å². The molecule has 0 aromatic heterocycles. The van der Waals surface area contributed by atoms with E-state index < -0.39 is 23.6 Å². The summed E-state index contributed by atoms with van der Waals surface area (Å²) in [5.41, 5.74) is 0.592. The number of hydrogen-bond acceptors (Lipinski definition) is 6. The summed E-state index contributed by atoms with van der Waals surface area (Å²) >= 11 is 1.53. The van der Waals surface area contributed by atoms with Crippen molar-refractivity contribution in [2.75, 3.05) is 12.9 Å². The van der Waals surface area contributed by atoms with Gasteiger partial charge in [0.05, 0.1) is 12.5 Å². The lowest BCUT2D eigenvalue weighted by Gasteiger charge is -2.30. The minimum absolute atomic E-state index is 0.106. The van der Waals surface area contributed by atoms with Crippen LogP contribution in [-0.4, -0.2) is 52.7 Å². The smallest absolute Gasteiger partial charge is 0.408 e. The van der Waals surface area contributed by atoms with Crippen LogP contribution >= 0.6 is 11.8 Å². The molecule has 4 rings (SSSR count). The molecule has 2 aliphatic heterocycles. The molecule has 8 heteroatoms. The zero-order chi connectivity index (χ0) is 21.8. The van der Waals surface area contributed by atoms with E-state index >= 15 is 0 Å². The number of nitrogens with zero attached hydrogens (tertiary/aromatic N) is 1. The summed E-state index contributed by atoms with van der Waals surface area (Å²) in [4.78, 5) is 40.1. The Kier molecular flexibility index (Phi) is 6.18. The standard InChI is InChI=1S/C23H24N2O5S/c1-29-20(26)18-15-31-19-13-23(21(27)25(18)19,12-16-8-4-2-5-9-16)24-22(28)30-14-17-10-6-3-7-11-17/h2-11,18-19H,12-15H2,1H3,(H,24,28)/t18-,19+,23-/m1/s1. The quantitative estimate of drug-likeness (QED) is 0.696. The molecule has 0 radical (unpaired) electrons. The molecule has 162 valence electrons. The molecular weight excluding hydrogens is 416 g/mol. The third-order valence-electron chi connectivity index (χ3n) is 5.64. The number of carbonyl (C=O) groups is 3. The van der Waals surface area contributed by atoms with Crippen molar-refractivity contribution in [1.29, 1.82) is 0 Å². The average molecular weight is 441 g/mol. The van der Waals surface area contributed by atoms with Crippen LogP contribution in [0.5, 0.6) is 0 Å². The molecule has 2 saturated heterocycles. The second-order valence-electron chi connectivity index (χ2n) is 7.67. The van der Waals surface area contributed by atoms with E-state index in [-0.39, 0.29) is 17.9 Å². The highest BCUT2D eigenvalue weighted by atomic mass is 32.2. The van der Waals surface area contributed by atoms with Gasteiger partial charge in [-0.25, -0.2) is 9.59 Å². The van der Waals surface area contributed by atoms with Crippen LogP contribution < -0.4 is 5.32 Å².